The molecule has 1 unspecified atom stereocenters. The number of aromatic nitrogens is 2. The second kappa shape index (κ2) is 6.93. The second-order valence-electron chi connectivity index (χ2n) is 5.28. The molecule has 0 aromatic carbocycles. The molecule has 0 spiro atoms. The summed E-state index contributed by atoms with van der Waals surface area (Å²) >= 11 is 0. The first-order valence-electron chi connectivity index (χ1n) is 6.36. The molecule has 1 rings (SSSR count). The monoisotopic (exact) mass is 283 g/mol. The van der Waals surface area contributed by atoms with Gasteiger partial charge in [-0.05, 0) is 33.3 Å². The van der Waals surface area contributed by atoms with Gasteiger partial charge >= 0.3 is 12.1 Å². The van der Waals surface area contributed by atoms with Crippen LogP contribution >= 0.6 is 0 Å². The summed E-state index contributed by atoms with van der Waals surface area (Å²) in [5, 5.41) is 6.54. The number of nitrogens with zero attached hydrogens (tertiary/aromatic N) is 2. The van der Waals surface area contributed by atoms with Crippen LogP contribution in [0.15, 0.2) is 18.5 Å². The molecular weight excluding hydrogens is 262 g/mol. The van der Waals surface area contributed by atoms with Crippen molar-refractivity contribution >= 4 is 12.1 Å². The molecule has 7 heteroatoms. The van der Waals surface area contributed by atoms with Crippen molar-refractivity contribution in [3.8, 4) is 0 Å². The Labute approximate surface area is 118 Å². The van der Waals surface area contributed by atoms with E-state index >= 15 is 0 Å². The number of alkyl carbamates (subject to hydrolysis) is 1. The van der Waals surface area contributed by atoms with Crippen molar-refractivity contribution in [2.75, 3.05) is 7.11 Å². The van der Waals surface area contributed by atoms with Gasteiger partial charge in [-0.15, -0.1) is 0 Å². The molecule has 1 atom stereocenters. The van der Waals surface area contributed by atoms with Crippen LogP contribution in [0.4, 0.5) is 4.79 Å². The molecule has 1 amide bonds. The van der Waals surface area contributed by atoms with Crippen LogP contribution in [0.1, 0.15) is 27.2 Å². The van der Waals surface area contributed by atoms with E-state index in [1.54, 1.807) is 43.9 Å². The normalized spacial score (nSPS) is 12.6. The highest BCUT2D eigenvalue weighted by Gasteiger charge is 2.24. The van der Waals surface area contributed by atoms with Gasteiger partial charge in [-0.25, -0.2) is 9.59 Å². The van der Waals surface area contributed by atoms with Gasteiger partial charge in [0, 0.05) is 18.9 Å². The summed E-state index contributed by atoms with van der Waals surface area (Å²) in [6, 6.07) is 1.02. The van der Waals surface area contributed by atoms with Crippen molar-refractivity contribution in [3.05, 3.63) is 18.5 Å². The van der Waals surface area contributed by atoms with E-state index in [0.717, 1.165) is 0 Å². The fraction of sp³-hybridized carbons (Fsp3) is 0.615. The molecule has 1 aromatic heterocycles. The van der Waals surface area contributed by atoms with E-state index in [2.05, 4.69) is 15.2 Å². The van der Waals surface area contributed by atoms with Crippen LogP contribution < -0.4 is 5.32 Å². The average Bonchev–Trinajstić information content (AvgIpc) is 2.84. The molecule has 0 bridgehead atoms. The van der Waals surface area contributed by atoms with Crippen LogP contribution in [-0.4, -0.2) is 40.6 Å². The van der Waals surface area contributed by atoms with E-state index in [-0.39, 0.29) is 0 Å². The quantitative estimate of drug-likeness (QED) is 0.825. The van der Waals surface area contributed by atoms with Gasteiger partial charge in [-0.3, -0.25) is 4.68 Å². The SMILES string of the molecule is COC(=O)C(CCn1cccn1)NC(=O)OC(C)(C)C. The fourth-order valence-corrected chi connectivity index (χ4v) is 1.54. The molecule has 0 aliphatic carbocycles. The van der Waals surface area contributed by atoms with Crippen LogP contribution in [0, 0.1) is 0 Å². The van der Waals surface area contributed by atoms with Gasteiger partial charge in [-0.2, -0.15) is 5.10 Å². The van der Waals surface area contributed by atoms with Gasteiger partial charge in [0.15, 0.2) is 0 Å². The number of ether oxygens (including phenoxy) is 2. The molecule has 0 aliphatic heterocycles. The number of rotatable bonds is 5. The Kier molecular flexibility index (Phi) is 5.54. The van der Waals surface area contributed by atoms with Crippen LogP contribution in [-0.2, 0) is 20.8 Å². The summed E-state index contributed by atoms with van der Waals surface area (Å²) in [4.78, 5) is 23.3. The van der Waals surface area contributed by atoms with Crippen LogP contribution in [0.3, 0.4) is 0 Å². The first kappa shape index (κ1) is 16.0. The molecule has 20 heavy (non-hydrogen) atoms. The lowest BCUT2D eigenvalue weighted by Crippen LogP contribution is -2.44. The summed E-state index contributed by atoms with van der Waals surface area (Å²) in [6.45, 7) is 5.75. The lowest BCUT2D eigenvalue weighted by Gasteiger charge is -2.22. The minimum absolute atomic E-state index is 0.369. The van der Waals surface area contributed by atoms with E-state index in [9.17, 15) is 9.59 Å². The summed E-state index contributed by atoms with van der Waals surface area (Å²) in [5.74, 6) is -0.511. The third-order valence-corrected chi connectivity index (χ3v) is 2.38. The average molecular weight is 283 g/mol. The zero-order chi connectivity index (χ0) is 15.2. The largest absolute Gasteiger partial charge is 0.467 e. The van der Waals surface area contributed by atoms with Crippen molar-refractivity contribution in [1.29, 1.82) is 0 Å². The van der Waals surface area contributed by atoms with Gasteiger partial charge in [0.1, 0.15) is 11.6 Å². The number of methoxy groups -OCH3 is 1. The summed E-state index contributed by atoms with van der Waals surface area (Å²) in [5.41, 5.74) is -0.618. The maximum atomic E-state index is 11.7. The minimum atomic E-state index is -0.765. The predicted octanol–water partition coefficient (Wildman–Crippen LogP) is 1.34. The van der Waals surface area contributed by atoms with Gasteiger partial charge < -0.3 is 14.8 Å². The number of hydrogen-bond acceptors (Lipinski definition) is 5. The van der Waals surface area contributed by atoms with Crippen molar-refractivity contribution in [2.24, 2.45) is 0 Å². The lowest BCUT2D eigenvalue weighted by atomic mass is 10.2. The Hall–Kier alpha value is -2.05. The van der Waals surface area contributed by atoms with E-state index in [0.29, 0.717) is 13.0 Å². The Morgan fingerprint density at radius 1 is 1.40 bits per heavy atom. The first-order valence-corrected chi connectivity index (χ1v) is 6.36. The number of amides is 1. The topological polar surface area (TPSA) is 82.5 Å². The smallest absolute Gasteiger partial charge is 0.408 e. The summed E-state index contributed by atoms with van der Waals surface area (Å²) in [6.07, 6.45) is 3.15. The standard InChI is InChI=1S/C13H21N3O4/c1-13(2,3)20-12(18)15-10(11(17)19-4)6-9-16-8-5-7-14-16/h5,7-8,10H,6,9H2,1-4H3,(H,15,18). The van der Waals surface area contributed by atoms with Gasteiger partial charge in [0.2, 0.25) is 0 Å². The highest BCUT2D eigenvalue weighted by molar-refractivity contribution is 5.81. The van der Waals surface area contributed by atoms with Crippen molar-refractivity contribution < 1.29 is 19.1 Å². The maximum absolute atomic E-state index is 11.7. The molecule has 0 saturated heterocycles. The Morgan fingerprint density at radius 3 is 2.60 bits per heavy atom. The molecule has 7 nitrogen and oxygen atoms in total. The number of aryl methyl sites for hydroxylation is 1. The molecule has 1 N–H and O–H groups in total. The number of esters is 1. The minimum Gasteiger partial charge on any atom is -0.467 e. The molecule has 0 radical (unpaired) electrons. The molecule has 0 fully saturated rings. The molecule has 0 aliphatic rings. The van der Waals surface area contributed by atoms with Crippen LogP contribution in [0.2, 0.25) is 0 Å². The lowest BCUT2D eigenvalue weighted by molar-refractivity contribution is -0.143. The van der Waals surface area contributed by atoms with Crippen LogP contribution in [0.25, 0.3) is 0 Å². The number of carbonyl (C=O) groups excluding carboxylic acids is 2. The highest BCUT2D eigenvalue weighted by Crippen LogP contribution is 2.08. The third kappa shape index (κ3) is 5.73. The Morgan fingerprint density at radius 2 is 2.10 bits per heavy atom. The second-order valence-corrected chi connectivity index (χ2v) is 5.28. The van der Waals surface area contributed by atoms with E-state index in [1.165, 1.54) is 7.11 Å². The molecule has 1 aromatic rings. The summed E-state index contributed by atoms with van der Waals surface area (Å²) < 4.78 is 11.5. The van der Waals surface area contributed by atoms with E-state index in [4.69, 9.17) is 4.74 Å². The fourth-order valence-electron chi connectivity index (χ4n) is 1.54. The number of nitrogens with one attached hydrogen (secondary N) is 1. The number of hydrogen-bond donors (Lipinski definition) is 1. The van der Waals surface area contributed by atoms with E-state index in [1.807, 2.05) is 0 Å². The van der Waals surface area contributed by atoms with Gasteiger partial charge in [0.25, 0.3) is 0 Å². The van der Waals surface area contributed by atoms with Crippen molar-refractivity contribution in [3.63, 3.8) is 0 Å². The van der Waals surface area contributed by atoms with Crippen LogP contribution in [0.5, 0.6) is 0 Å². The Balaban J connectivity index is 2.56. The third-order valence-electron chi connectivity index (χ3n) is 2.38. The molecule has 112 valence electrons. The van der Waals surface area contributed by atoms with Gasteiger partial charge in [0.05, 0.1) is 7.11 Å². The van der Waals surface area contributed by atoms with Crippen molar-refractivity contribution in [1.82, 2.24) is 15.1 Å². The molecule has 0 saturated carbocycles. The zero-order valence-corrected chi connectivity index (χ0v) is 12.3. The number of carbonyl (C=O) groups is 2. The van der Waals surface area contributed by atoms with E-state index < -0.39 is 23.7 Å². The predicted molar refractivity (Wildman–Crippen MR) is 72.0 cm³/mol. The maximum Gasteiger partial charge on any atom is 0.408 e. The summed E-state index contributed by atoms with van der Waals surface area (Å²) in [7, 11) is 1.28. The highest BCUT2D eigenvalue weighted by atomic mass is 16.6. The Bertz CT molecular complexity index is 437. The molecule has 1 heterocycles. The zero-order valence-electron chi connectivity index (χ0n) is 12.3. The molecular formula is C13H21N3O4. The van der Waals surface area contributed by atoms with Gasteiger partial charge in [-0.1, -0.05) is 0 Å². The first-order chi connectivity index (χ1) is 9.31. The van der Waals surface area contributed by atoms with Crippen molar-refractivity contribution in [2.45, 2.75) is 45.4 Å².